The number of carbonyl (C=O) groups excluding carboxylic acids is 4. The summed E-state index contributed by atoms with van der Waals surface area (Å²) in [6.07, 6.45) is 5.64. The minimum atomic E-state index is -1.53. The molecule has 0 aliphatic heterocycles. The monoisotopic (exact) mass is 446 g/mol. The van der Waals surface area contributed by atoms with Crippen molar-refractivity contribution in [3.8, 4) is 0 Å². The number of esters is 2. The van der Waals surface area contributed by atoms with Crippen LogP contribution in [0.15, 0.2) is 11.6 Å². The van der Waals surface area contributed by atoms with E-state index in [-0.39, 0.29) is 29.0 Å². The standard InChI is InChI=1S/C25H34O7/c1-14(26)31-13-22(29)25(30)10-7-19-17-12-21(32-15(2)27)20-11-16(28)5-8-23(20,3)18(17)6-9-24(19,25)4/h11,17-19,21,30H,5-10,12-13H2,1-4H3/t17-,18+,19+,21-,23+,24+,25+/m0/s1. The van der Waals surface area contributed by atoms with Crippen molar-refractivity contribution in [2.45, 2.75) is 84.3 Å². The first-order valence-electron chi connectivity index (χ1n) is 11.7. The third-order valence-electron chi connectivity index (χ3n) is 9.28. The maximum absolute atomic E-state index is 13.0. The van der Waals surface area contributed by atoms with E-state index in [9.17, 15) is 24.3 Å². The van der Waals surface area contributed by atoms with Gasteiger partial charge in [-0.1, -0.05) is 13.8 Å². The Morgan fingerprint density at radius 2 is 1.75 bits per heavy atom. The number of Topliss-reactive ketones (excluding diaryl/α,β-unsaturated/α-hetero) is 1. The molecule has 4 aliphatic carbocycles. The normalized spacial score (nSPS) is 42.8. The molecule has 0 aromatic rings. The smallest absolute Gasteiger partial charge is 0.303 e. The Labute approximate surface area is 188 Å². The van der Waals surface area contributed by atoms with Crippen LogP contribution >= 0.6 is 0 Å². The zero-order valence-corrected chi connectivity index (χ0v) is 19.4. The van der Waals surface area contributed by atoms with Crippen molar-refractivity contribution < 1.29 is 33.8 Å². The largest absolute Gasteiger partial charge is 0.458 e. The van der Waals surface area contributed by atoms with Crippen LogP contribution in [0, 0.1) is 28.6 Å². The maximum Gasteiger partial charge on any atom is 0.303 e. The number of rotatable bonds is 4. The lowest BCUT2D eigenvalue weighted by atomic mass is 9.45. The Balaban J connectivity index is 1.67. The number of aliphatic hydroxyl groups is 1. The molecule has 32 heavy (non-hydrogen) atoms. The van der Waals surface area contributed by atoms with Crippen LogP contribution in [0.1, 0.15) is 72.6 Å². The van der Waals surface area contributed by atoms with Gasteiger partial charge in [-0.05, 0) is 73.3 Å². The summed E-state index contributed by atoms with van der Waals surface area (Å²) in [6, 6.07) is 0. The molecule has 0 radical (unpaired) electrons. The second-order valence-corrected chi connectivity index (χ2v) is 10.8. The average Bonchev–Trinajstić information content (AvgIpc) is 2.99. The highest BCUT2D eigenvalue weighted by Crippen LogP contribution is 2.67. The predicted octanol–water partition coefficient (Wildman–Crippen LogP) is 2.92. The van der Waals surface area contributed by atoms with Crippen LogP contribution < -0.4 is 0 Å². The Kier molecular flexibility index (Phi) is 5.63. The van der Waals surface area contributed by atoms with Crippen LogP contribution in [0.25, 0.3) is 0 Å². The van der Waals surface area contributed by atoms with Gasteiger partial charge in [0.1, 0.15) is 11.7 Å². The van der Waals surface area contributed by atoms with Crippen molar-refractivity contribution in [1.29, 1.82) is 0 Å². The number of fused-ring (bicyclic) bond motifs is 5. The van der Waals surface area contributed by atoms with Crippen molar-refractivity contribution in [3.05, 3.63) is 11.6 Å². The lowest BCUT2D eigenvalue weighted by Crippen LogP contribution is -2.59. The minimum Gasteiger partial charge on any atom is -0.458 e. The van der Waals surface area contributed by atoms with Crippen LogP contribution in [-0.4, -0.2) is 46.9 Å². The van der Waals surface area contributed by atoms with Gasteiger partial charge in [-0.3, -0.25) is 19.2 Å². The van der Waals surface area contributed by atoms with Gasteiger partial charge in [0, 0.05) is 25.7 Å². The molecule has 0 saturated heterocycles. The molecule has 3 fully saturated rings. The molecule has 176 valence electrons. The van der Waals surface area contributed by atoms with Crippen LogP contribution in [-0.2, 0) is 28.7 Å². The van der Waals surface area contributed by atoms with Gasteiger partial charge in [0.15, 0.2) is 12.4 Å². The molecule has 0 heterocycles. The molecular weight excluding hydrogens is 412 g/mol. The summed E-state index contributed by atoms with van der Waals surface area (Å²) < 4.78 is 10.6. The highest BCUT2D eigenvalue weighted by molar-refractivity contribution is 5.92. The first-order valence-corrected chi connectivity index (χ1v) is 11.7. The fourth-order valence-corrected chi connectivity index (χ4v) is 7.65. The van der Waals surface area contributed by atoms with Gasteiger partial charge in [-0.15, -0.1) is 0 Å². The molecule has 7 nitrogen and oxygen atoms in total. The fraction of sp³-hybridized carbons (Fsp3) is 0.760. The Bertz CT molecular complexity index is 891. The zero-order chi connectivity index (χ0) is 23.5. The Hall–Kier alpha value is -2.02. The topological polar surface area (TPSA) is 107 Å². The van der Waals surface area contributed by atoms with E-state index in [4.69, 9.17) is 9.47 Å². The third-order valence-corrected chi connectivity index (χ3v) is 9.28. The quantitative estimate of drug-likeness (QED) is 0.662. The van der Waals surface area contributed by atoms with E-state index < -0.39 is 35.5 Å². The Morgan fingerprint density at radius 3 is 2.41 bits per heavy atom. The lowest BCUT2D eigenvalue weighted by molar-refractivity contribution is -0.173. The van der Waals surface area contributed by atoms with Crippen LogP contribution in [0.3, 0.4) is 0 Å². The van der Waals surface area contributed by atoms with E-state index >= 15 is 0 Å². The maximum atomic E-state index is 13.0. The highest BCUT2D eigenvalue weighted by Gasteiger charge is 2.67. The summed E-state index contributed by atoms with van der Waals surface area (Å²) in [5.74, 6) is -0.699. The highest BCUT2D eigenvalue weighted by atomic mass is 16.5. The van der Waals surface area contributed by atoms with Crippen molar-refractivity contribution in [3.63, 3.8) is 0 Å². The second kappa shape index (κ2) is 7.79. The van der Waals surface area contributed by atoms with Crippen LogP contribution in [0.2, 0.25) is 0 Å². The van der Waals surface area contributed by atoms with Gasteiger partial charge in [0.2, 0.25) is 5.78 Å². The first kappa shape index (κ1) is 23.1. The lowest BCUT2D eigenvalue weighted by Gasteiger charge is -2.60. The van der Waals surface area contributed by atoms with Gasteiger partial charge < -0.3 is 14.6 Å². The van der Waals surface area contributed by atoms with Gasteiger partial charge >= 0.3 is 11.9 Å². The molecule has 7 heteroatoms. The number of ketones is 2. The van der Waals surface area contributed by atoms with E-state index in [0.29, 0.717) is 38.0 Å². The van der Waals surface area contributed by atoms with Gasteiger partial charge in [0.25, 0.3) is 0 Å². The number of carbonyl (C=O) groups is 4. The van der Waals surface area contributed by atoms with Crippen LogP contribution in [0.5, 0.6) is 0 Å². The molecule has 0 aromatic carbocycles. The van der Waals surface area contributed by atoms with E-state index in [0.717, 1.165) is 18.4 Å². The van der Waals surface area contributed by atoms with Crippen molar-refractivity contribution in [1.82, 2.24) is 0 Å². The molecular formula is C25H34O7. The van der Waals surface area contributed by atoms with E-state index in [2.05, 4.69) is 6.92 Å². The minimum absolute atomic E-state index is 0.0834. The van der Waals surface area contributed by atoms with Gasteiger partial charge in [-0.2, -0.15) is 0 Å². The van der Waals surface area contributed by atoms with Gasteiger partial charge in [0.05, 0.1) is 0 Å². The predicted molar refractivity (Wildman–Crippen MR) is 114 cm³/mol. The van der Waals surface area contributed by atoms with Gasteiger partial charge in [-0.25, -0.2) is 0 Å². The molecule has 0 amide bonds. The molecule has 7 atom stereocenters. The molecule has 4 rings (SSSR count). The molecule has 0 unspecified atom stereocenters. The summed E-state index contributed by atoms with van der Waals surface area (Å²) in [5, 5.41) is 11.6. The third kappa shape index (κ3) is 3.35. The molecule has 4 aliphatic rings. The van der Waals surface area contributed by atoms with E-state index in [1.165, 1.54) is 13.8 Å². The molecule has 0 aromatic heterocycles. The van der Waals surface area contributed by atoms with Crippen LogP contribution in [0.4, 0.5) is 0 Å². The summed E-state index contributed by atoms with van der Waals surface area (Å²) in [6.45, 7) is 6.41. The number of ether oxygens (including phenoxy) is 2. The fourth-order valence-electron chi connectivity index (χ4n) is 7.65. The van der Waals surface area contributed by atoms with E-state index in [1.54, 1.807) is 6.08 Å². The van der Waals surface area contributed by atoms with Crippen molar-refractivity contribution >= 4 is 23.5 Å². The number of hydrogen-bond donors (Lipinski definition) is 1. The average molecular weight is 447 g/mol. The SMILES string of the molecule is CC(=O)OCC(=O)[C@]1(O)CC[C@@H]2[C@H]3C[C@H](OC(C)=O)C4=CC(=O)CC[C@]4(C)[C@@H]3CC[C@]21C. The molecule has 3 saturated carbocycles. The first-order chi connectivity index (χ1) is 14.9. The summed E-state index contributed by atoms with van der Waals surface area (Å²) in [7, 11) is 0. The zero-order valence-electron chi connectivity index (χ0n) is 19.4. The number of hydrogen-bond acceptors (Lipinski definition) is 7. The van der Waals surface area contributed by atoms with Crippen molar-refractivity contribution in [2.24, 2.45) is 28.6 Å². The molecule has 0 spiro atoms. The Morgan fingerprint density at radius 1 is 1.06 bits per heavy atom. The molecule has 1 N–H and O–H groups in total. The summed E-state index contributed by atoms with van der Waals surface area (Å²) >= 11 is 0. The van der Waals surface area contributed by atoms with Crippen molar-refractivity contribution in [2.75, 3.05) is 6.61 Å². The molecule has 0 bridgehead atoms. The summed E-state index contributed by atoms with van der Waals surface area (Å²) in [5.41, 5.74) is -1.46. The second-order valence-electron chi connectivity index (χ2n) is 10.8. The summed E-state index contributed by atoms with van der Waals surface area (Å²) in [4.78, 5) is 48.3. The van der Waals surface area contributed by atoms with E-state index in [1.807, 2.05) is 6.92 Å².